The molecule has 1 aliphatic heterocycles. The summed E-state index contributed by atoms with van der Waals surface area (Å²) in [5.41, 5.74) is 14.8. The number of halogens is 11. The number of benzene rings is 6. The zero-order chi connectivity index (χ0) is 86.3. The number of carbonyl (C=O) groups is 6. The molecule has 632 valence electrons. The zero-order valence-corrected chi connectivity index (χ0v) is 77.8. The number of alkyl halides is 1. The minimum Gasteiger partial charge on any atom is -0.329 e. The Morgan fingerprint density at radius 2 is 0.798 bits per heavy atom. The van der Waals surface area contributed by atoms with Crippen molar-refractivity contribution in [3.05, 3.63) is 206 Å². The number of hydrogen-bond acceptors (Lipinski definition) is 13. The first-order valence-corrected chi connectivity index (χ1v) is 43.4. The van der Waals surface area contributed by atoms with Crippen LogP contribution in [-0.2, 0) is 28.8 Å². The Labute approximate surface area is 720 Å². The second kappa shape index (κ2) is 51.6. The van der Waals surface area contributed by atoms with Gasteiger partial charge in [-0.25, -0.2) is 22.0 Å². The molecule has 114 heavy (non-hydrogen) atoms. The highest BCUT2D eigenvalue weighted by molar-refractivity contribution is 9.11. The molecule has 2 fully saturated rings. The van der Waals surface area contributed by atoms with E-state index in [9.17, 15) is 50.7 Å². The van der Waals surface area contributed by atoms with E-state index in [1.807, 2.05) is 137 Å². The van der Waals surface area contributed by atoms with Gasteiger partial charge in [-0.15, -0.1) is 0 Å². The summed E-state index contributed by atoms with van der Waals surface area (Å²) < 4.78 is 72.9. The fourth-order valence-electron chi connectivity index (χ4n) is 12.7. The van der Waals surface area contributed by atoms with Gasteiger partial charge >= 0.3 is 0 Å². The molecule has 1 aliphatic carbocycles. The van der Waals surface area contributed by atoms with Crippen LogP contribution in [0.1, 0.15) is 199 Å². The summed E-state index contributed by atoms with van der Waals surface area (Å²) in [6.45, 7) is 35.4. The number of likely N-dealkylation sites (N-methyl/N-ethyl adjacent to an activating group) is 1. The molecule has 6 N–H and O–H groups in total. The quantitative estimate of drug-likeness (QED) is 0.0285. The smallest absolute Gasteiger partial charge is 0.144 e. The number of rotatable bonds is 33. The van der Waals surface area contributed by atoms with Crippen molar-refractivity contribution in [1.82, 2.24) is 25.3 Å². The first kappa shape index (κ1) is 103. The highest BCUT2D eigenvalue weighted by Crippen LogP contribution is 2.33. The molecule has 24 heteroatoms. The normalized spacial score (nSPS) is 15.9. The van der Waals surface area contributed by atoms with Crippen molar-refractivity contribution in [2.45, 2.75) is 190 Å². The number of Topliss-reactive ketones (excluding diaryl/α,β-unsaturated/α-hetero) is 6. The van der Waals surface area contributed by atoms with Crippen LogP contribution in [0.4, 0.5) is 22.0 Å². The molecule has 1 unspecified atom stereocenters. The SMILES string of the molecule is CC(C)C(=O)C(CN1CC[C@@H](N(C)C)[C@@H](F)C1)c1ccc(Cl)cc1.CC(C)C(=O)[C@H](CN(C)C(C)C)c1ccc(Br)cc1.CC(C)C(=O)[C@H](CN)c1ccc(Br)cc1F.CC(C)C(=O)[C@H](CN)c1ccc(Cl)cc1F.CC(C)C(=O)[C@H](CNCC1CC1)c1ccc(Br)cc1F.CC(C)NC[C@@H](C(=O)C(C)C)c1ccc(Br)cc1F. The minimum absolute atomic E-state index is 0.0243. The van der Waals surface area contributed by atoms with Crippen LogP contribution in [0.3, 0.4) is 0 Å². The van der Waals surface area contributed by atoms with Crippen molar-refractivity contribution in [3.63, 3.8) is 0 Å². The lowest BCUT2D eigenvalue weighted by Gasteiger charge is -2.39. The van der Waals surface area contributed by atoms with E-state index >= 15 is 0 Å². The molecule has 6 aromatic carbocycles. The number of nitrogens with two attached hydrogens (primary N) is 2. The molecule has 0 aromatic heterocycles. The highest BCUT2D eigenvalue weighted by Gasteiger charge is 2.35. The number of carbonyl (C=O) groups excluding carboxylic acids is 6. The Morgan fingerprint density at radius 3 is 1.16 bits per heavy atom. The lowest BCUT2D eigenvalue weighted by atomic mass is 9.87. The van der Waals surface area contributed by atoms with Crippen molar-refractivity contribution >= 4 is 122 Å². The molecular formula is C90H124Br4Cl2F5N7O6. The van der Waals surface area contributed by atoms with Crippen LogP contribution in [0, 0.1) is 64.7 Å². The van der Waals surface area contributed by atoms with Crippen molar-refractivity contribution in [3.8, 4) is 0 Å². The topological polar surface area (TPSA) is 188 Å². The van der Waals surface area contributed by atoms with Gasteiger partial charge in [0.15, 0.2) is 0 Å². The predicted molar refractivity (Wildman–Crippen MR) is 473 cm³/mol. The Bertz CT molecular complexity index is 3910. The largest absolute Gasteiger partial charge is 0.329 e. The molecular weight excluding hydrogens is 1760 g/mol. The van der Waals surface area contributed by atoms with Crippen molar-refractivity contribution in [2.24, 2.45) is 52.9 Å². The molecule has 2 aliphatic rings. The first-order valence-electron chi connectivity index (χ1n) is 39.5. The molecule has 0 spiro atoms. The molecule has 6 aromatic rings. The fraction of sp³-hybridized carbons (Fsp3) is 0.533. The van der Waals surface area contributed by atoms with E-state index in [0.29, 0.717) is 83.7 Å². The maximum absolute atomic E-state index is 14.4. The van der Waals surface area contributed by atoms with Gasteiger partial charge in [0.2, 0.25) is 0 Å². The summed E-state index contributed by atoms with van der Waals surface area (Å²) in [5.74, 6) is -2.91. The molecule has 13 nitrogen and oxygen atoms in total. The monoisotopic (exact) mass is 1880 g/mol. The van der Waals surface area contributed by atoms with E-state index in [1.165, 1.54) is 43.2 Å². The lowest BCUT2D eigenvalue weighted by Crippen LogP contribution is -2.51. The van der Waals surface area contributed by atoms with Gasteiger partial charge in [-0.05, 0) is 179 Å². The van der Waals surface area contributed by atoms with Crippen LogP contribution >= 0.6 is 86.9 Å². The van der Waals surface area contributed by atoms with Crippen LogP contribution < -0.4 is 22.1 Å². The summed E-state index contributed by atoms with van der Waals surface area (Å²) >= 11 is 24.7. The number of hydrogen-bond donors (Lipinski definition) is 4. The molecule has 1 heterocycles. The number of likely N-dealkylation sites (tertiary alicyclic amines) is 1. The van der Waals surface area contributed by atoms with Crippen LogP contribution in [-0.4, -0.2) is 154 Å². The Morgan fingerprint density at radius 1 is 0.456 bits per heavy atom. The highest BCUT2D eigenvalue weighted by atomic mass is 79.9. The van der Waals surface area contributed by atoms with Crippen molar-refractivity contribution in [2.75, 3.05) is 80.0 Å². The average molecular weight is 1890 g/mol. The average Bonchev–Trinajstić information content (AvgIpc) is 1.03. The first-order chi connectivity index (χ1) is 53.4. The third-order valence-corrected chi connectivity index (χ3v) is 22.6. The van der Waals surface area contributed by atoms with Crippen LogP contribution in [0.25, 0.3) is 0 Å². The number of nitrogens with one attached hydrogen (secondary N) is 2. The summed E-state index contributed by atoms with van der Waals surface area (Å²) in [5, 5.41) is 7.52. The molecule has 8 atom stereocenters. The standard InChI is InChI=1S/C19H28ClFN2O.C16H21BrFNO.C16H24BrNO.C15H21BrFNO.C12H15BrFNO.C12H15ClFNO/c1-13(2)19(24)16(14-5-7-15(20)8-6-14)11-23-10-9-18(22(3)4)17(21)12-23;1-10(2)16(20)14(9-19-8-11-3-4-11)13-6-5-12(17)7-15(13)18;1-11(2)16(19)15(10-18(5)12(3)4)13-6-8-14(17)9-7-13;1-9(2)15(19)13(8-18-10(3)4)12-6-5-11(16)7-14(12)17;2*1-7(2)12(16)10(6-15)9-4-3-8(13)5-11(9)14/h5-8,13,16-18H,9-12H2,1-4H3;5-7,10-11,14,19H,3-4,8-9H2,1-2H3;6-9,11-12,15H,10H2,1-5H3;5-7,9-10,13,18H,8H2,1-4H3;2*3-5,7,10H,6,15H2,1-2H3/t16?,17-,18+;14-;15-;13-;2*10-/m011111/s1. The van der Waals surface area contributed by atoms with Crippen LogP contribution in [0.5, 0.6) is 0 Å². The number of nitrogens with zero attached hydrogens (tertiary/aromatic N) is 3. The third-order valence-electron chi connectivity index (χ3n) is 20.1. The molecule has 8 rings (SSSR count). The van der Waals surface area contributed by atoms with Crippen LogP contribution in [0.2, 0.25) is 10.0 Å². The van der Waals surface area contributed by atoms with E-state index in [-0.39, 0.29) is 119 Å². The maximum Gasteiger partial charge on any atom is 0.144 e. The van der Waals surface area contributed by atoms with Gasteiger partial charge in [0.1, 0.15) is 64.1 Å². The van der Waals surface area contributed by atoms with Gasteiger partial charge in [-0.3, -0.25) is 33.7 Å². The van der Waals surface area contributed by atoms with Gasteiger partial charge in [0, 0.05) is 127 Å². The van der Waals surface area contributed by atoms with Crippen LogP contribution in [0.15, 0.2) is 139 Å². The summed E-state index contributed by atoms with van der Waals surface area (Å²) in [7, 11) is 5.92. The van der Waals surface area contributed by atoms with Crippen molar-refractivity contribution < 1.29 is 50.7 Å². The Balaban J connectivity index is 0.000000356. The maximum atomic E-state index is 14.4. The zero-order valence-electron chi connectivity index (χ0n) is 70.0. The molecule has 0 amide bonds. The number of ketones is 6. The lowest BCUT2D eigenvalue weighted by molar-refractivity contribution is -0.124. The van der Waals surface area contributed by atoms with E-state index in [4.69, 9.17) is 34.7 Å². The van der Waals surface area contributed by atoms with Gasteiger partial charge in [0.25, 0.3) is 0 Å². The second-order valence-electron chi connectivity index (χ2n) is 32.2. The van der Waals surface area contributed by atoms with Gasteiger partial charge in [0.05, 0.1) is 35.5 Å². The summed E-state index contributed by atoms with van der Waals surface area (Å²) in [6.07, 6.45) is 2.44. The minimum atomic E-state index is -0.881. The molecule has 1 saturated carbocycles. The summed E-state index contributed by atoms with van der Waals surface area (Å²) in [4.78, 5) is 79.7. The van der Waals surface area contributed by atoms with Crippen molar-refractivity contribution in [1.29, 1.82) is 0 Å². The molecule has 1 saturated heterocycles. The Hall–Kier alpha value is -4.79. The van der Waals surface area contributed by atoms with E-state index in [0.717, 1.165) is 47.6 Å². The number of piperidine rings is 1. The second-order valence-corrected chi connectivity index (χ2v) is 36.7. The van der Waals surface area contributed by atoms with Gasteiger partial charge in [-0.1, -0.05) is 232 Å². The fourth-order valence-corrected chi connectivity index (χ4v) is 14.3. The summed E-state index contributed by atoms with van der Waals surface area (Å²) in [6, 6.07) is 35.0. The Kier molecular flexibility index (Phi) is 46.8. The molecule has 0 bridgehead atoms. The van der Waals surface area contributed by atoms with Gasteiger partial charge in [-0.2, -0.15) is 0 Å². The van der Waals surface area contributed by atoms with E-state index < -0.39 is 35.7 Å². The van der Waals surface area contributed by atoms with Gasteiger partial charge < -0.3 is 31.9 Å². The van der Waals surface area contributed by atoms with E-state index in [1.54, 1.807) is 70.2 Å². The third kappa shape index (κ3) is 34.9. The van der Waals surface area contributed by atoms with E-state index in [2.05, 4.69) is 105 Å². The molecule has 0 radical (unpaired) electrons. The predicted octanol–water partition coefficient (Wildman–Crippen LogP) is 21.1.